The van der Waals surface area contributed by atoms with E-state index in [-0.39, 0.29) is 0 Å². The Morgan fingerprint density at radius 3 is 2.23 bits per heavy atom. The molecule has 0 saturated carbocycles. The SMILES string of the molecule is c1ccc2cc(-c3nc(-n4c5ccccc5c5c6ccccc6c6sc7ccccc7c6c54)nc4cccnc34)ccc2c1. The summed E-state index contributed by atoms with van der Waals surface area (Å²) in [5.74, 6) is 0.645. The summed E-state index contributed by atoms with van der Waals surface area (Å²) in [6, 6.07) is 45.1. The van der Waals surface area contributed by atoms with Crippen molar-refractivity contribution < 1.29 is 0 Å². The van der Waals surface area contributed by atoms with Crippen molar-refractivity contribution in [1.82, 2.24) is 19.5 Å². The van der Waals surface area contributed by atoms with Crippen molar-refractivity contribution >= 4 is 85.9 Å². The lowest BCUT2D eigenvalue weighted by molar-refractivity contribution is 1.01. The quantitative estimate of drug-likeness (QED) is 0.205. The van der Waals surface area contributed by atoms with E-state index in [1.807, 2.05) is 29.7 Å². The first-order valence-electron chi connectivity index (χ1n) is 14.7. The largest absolute Gasteiger partial charge is 0.277 e. The molecule has 0 aliphatic heterocycles. The van der Waals surface area contributed by atoms with Crippen LogP contribution in [0.3, 0.4) is 0 Å². The van der Waals surface area contributed by atoms with Gasteiger partial charge in [0.25, 0.3) is 0 Å². The summed E-state index contributed by atoms with van der Waals surface area (Å²) in [4.78, 5) is 15.4. The zero-order valence-corrected chi connectivity index (χ0v) is 24.2. The first-order valence-corrected chi connectivity index (χ1v) is 15.5. The number of hydrogen-bond donors (Lipinski definition) is 0. The first kappa shape index (κ1) is 23.9. The Labute approximate surface area is 255 Å². The van der Waals surface area contributed by atoms with Crippen molar-refractivity contribution in [3.05, 3.63) is 134 Å². The van der Waals surface area contributed by atoms with Crippen LogP contribution >= 0.6 is 11.3 Å². The van der Waals surface area contributed by atoms with Gasteiger partial charge < -0.3 is 0 Å². The van der Waals surface area contributed by atoms with Crippen LogP contribution in [0.2, 0.25) is 0 Å². The molecule has 0 radical (unpaired) electrons. The van der Waals surface area contributed by atoms with Crippen LogP contribution in [0.1, 0.15) is 0 Å². The highest BCUT2D eigenvalue weighted by Gasteiger charge is 2.23. The third-order valence-corrected chi connectivity index (χ3v) is 10.0. The van der Waals surface area contributed by atoms with Gasteiger partial charge in [-0.1, -0.05) is 97.1 Å². The highest BCUT2D eigenvalue weighted by atomic mass is 32.1. The maximum atomic E-state index is 5.36. The van der Waals surface area contributed by atoms with Gasteiger partial charge in [-0.25, -0.2) is 9.97 Å². The molecule has 0 fully saturated rings. The third kappa shape index (κ3) is 3.24. The van der Waals surface area contributed by atoms with E-state index in [2.05, 4.69) is 120 Å². The van der Waals surface area contributed by atoms with Crippen LogP contribution in [0.5, 0.6) is 0 Å². The lowest BCUT2D eigenvalue weighted by Gasteiger charge is -2.12. The molecule has 4 nitrogen and oxygen atoms in total. The zero-order chi connectivity index (χ0) is 28.8. The van der Waals surface area contributed by atoms with Crippen LogP contribution in [-0.2, 0) is 0 Å². The van der Waals surface area contributed by atoms with Crippen LogP contribution in [0.15, 0.2) is 134 Å². The van der Waals surface area contributed by atoms with Crippen LogP contribution in [0.4, 0.5) is 0 Å². The van der Waals surface area contributed by atoms with Gasteiger partial charge in [-0.05, 0) is 46.5 Å². The number of hydrogen-bond acceptors (Lipinski definition) is 4. The molecule has 0 amide bonds. The van der Waals surface area contributed by atoms with E-state index in [9.17, 15) is 0 Å². The second-order valence-corrected chi connectivity index (χ2v) is 12.3. The van der Waals surface area contributed by atoms with Gasteiger partial charge in [-0.3, -0.25) is 9.55 Å². The molecule has 6 aromatic carbocycles. The molecule has 5 heteroatoms. The van der Waals surface area contributed by atoms with Gasteiger partial charge >= 0.3 is 0 Å². The lowest BCUT2D eigenvalue weighted by atomic mass is 10.00. The smallest absolute Gasteiger partial charge is 0.235 e. The molecule has 0 N–H and O–H groups in total. The van der Waals surface area contributed by atoms with Crippen molar-refractivity contribution in [2.75, 3.05) is 0 Å². The molecule has 0 atom stereocenters. The molecule has 44 heavy (non-hydrogen) atoms. The predicted octanol–water partition coefficient (Wildman–Crippen LogP) is 10.5. The van der Waals surface area contributed by atoms with Gasteiger partial charge in [0.05, 0.1) is 16.6 Å². The minimum atomic E-state index is 0.645. The highest BCUT2D eigenvalue weighted by molar-refractivity contribution is 7.27. The molecule has 4 aromatic heterocycles. The van der Waals surface area contributed by atoms with Gasteiger partial charge in [0.2, 0.25) is 5.95 Å². The average Bonchev–Trinajstić information content (AvgIpc) is 3.64. The number of pyridine rings is 1. The van der Waals surface area contributed by atoms with E-state index in [0.29, 0.717) is 5.95 Å². The van der Waals surface area contributed by atoms with Gasteiger partial charge in [0.1, 0.15) is 11.2 Å². The summed E-state index contributed by atoms with van der Waals surface area (Å²) in [7, 11) is 0. The Balaban J connectivity index is 1.41. The Morgan fingerprint density at radius 2 is 1.32 bits per heavy atom. The van der Waals surface area contributed by atoms with Crippen LogP contribution in [-0.4, -0.2) is 19.5 Å². The zero-order valence-electron chi connectivity index (χ0n) is 23.4. The fourth-order valence-corrected chi connectivity index (χ4v) is 8.16. The second-order valence-electron chi connectivity index (χ2n) is 11.2. The average molecular weight is 579 g/mol. The maximum absolute atomic E-state index is 5.36. The van der Waals surface area contributed by atoms with E-state index in [0.717, 1.165) is 33.3 Å². The van der Waals surface area contributed by atoms with Crippen LogP contribution in [0.25, 0.3) is 91.8 Å². The Kier molecular flexibility index (Phi) is 4.84. The molecule has 204 valence electrons. The summed E-state index contributed by atoms with van der Waals surface area (Å²) >= 11 is 1.86. The lowest BCUT2D eigenvalue weighted by Crippen LogP contribution is -2.04. The van der Waals surface area contributed by atoms with E-state index in [1.165, 1.54) is 52.5 Å². The first-order chi connectivity index (χ1) is 21.8. The number of para-hydroxylation sites is 1. The van der Waals surface area contributed by atoms with Crippen molar-refractivity contribution in [3.63, 3.8) is 0 Å². The van der Waals surface area contributed by atoms with Gasteiger partial charge in [0.15, 0.2) is 0 Å². The summed E-state index contributed by atoms with van der Waals surface area (Å²) in [5, 5.41) is 9.82. The molecule has 0 saturated heterocycles. The standard InChI is InChI=1S/C39H22N4S/c1-2-11-24-22-25(20-19-23(24)10-1)35-36-30(16-9-21-40-36)41-39(42-35)43-31-17-7-5-14-28(31)33-26-12-3-4-13-27(26)38-34(37(33)43)29-15-6-8-18-32(29)44-38/h1-22H. The molecular formula is C39H22N4S. The number of benzene rings is 6. The number of fused-ring (bicyclic) bond motifs is 12. The summed E-state index contributed by atoms with van der Waals surface area (Å²) in [5.41, 5.74) is 5.69. The fourth-order valence-electron chi connectivity index (χ4n) is 6.92. The summed E-state index contributed by atoms with van der Waals surface area (Å²) in [6.07, 6.45) is 1.82. The summed E-state index contributed by atoms with van der Waals surface area (Å²) in [6.45, 7) is 0. The number of aromatic nitrogens is 4. The molecule has 0 bridgehead atoms. The van der Waals surface area contributed by atoms with Gasteiger partial charge in [-0.15, -0.1) is 11.3 Å². The Hall–Kier alpha value is -5.65. The normalized spacial score (nSPS) is 12.1. The van der Waals surface area contributed by atoms with Crippen molar-refractivity contribution in [2.45, 2.75) is 0 Å². The second kappa shape index (κ2) is 8.93. The monoisotopic (exact) mass is 578 g/mol. The Bertz CT molecular complexity index is 2790. The molecular weight excluding hydrogens is 557 g/mol. The van der Waals surface area contributed by atoms with Gasteiger partial charge in [0, 0.05) is 48.1 Å². The molecule has 0 spiro atoms. The predicted molar refractivity (Wildman–Crippen MR) is 185 cm³/mol. The number of thiophene rings is 1. The molecule has 0 aliphatic rings. The highest BCUT2D eigenvalue weighted by Crippen LogP contribution is 2.47. The Morgan fingerprint density at radius 1 is 0.568 bits per heavy atom. The molecule has 4 heterocycles. The van der Waals surface area contributed by atoms with E-state index in [4.69, 9.17) is 15.0 Å². The van der Waals surface area contributed by atoms with Crippen molar-refractivity contribution in [1.29, 1.82) is 0 Å². The van der Waals surface area contributed by atoms with E-state index >= 15 is 0 Å². The van der Waals surface area contributed by atoms with Crippen LogP contribution < -0.4 is 0 Å². The fraction of sp³-hybridized carbons (Fsp3) is 0. The minimum absolute atomic E-state index is 0.645. The molecule has 10 rings (SSSR count). The minimum Gasteiger partial charge on any atom is -0.277 e. The van der Waals surface area contributed by atoms with Crippen molar-refractivity contribution in [3.8, 4) is 17.2 Å². The molecule has 10 aromatic rings. The van der Waals surface area contributed by atoms with Crippen LogP contribution in [0, 0.1) is 0 Å². The molecule has 0 unspecified atom stereocenters. The maximum Gasteiger partial charge on any atom is 0.235 e. The van der Waals surface area contributed by atoms with Gasteiger partial charge in [-0.2, -0.15) is 0 Å². The van der Waals surface area contributed by atoms with Crippen molar-refractivity contribution in [2.24, 2.45) is 0 Å². The van der Waals surface area contributed by atoms with E-state index < -0.39 is 0 Å². The number of nitrogens with zero attached hydrogens (tertiary/aromatic N) is 4. The molecule has 0 aliphatic carbocycles. The summed E-state index contributed by atoms with van der Waals surface area (Å²) < 4.78 is 4.85. The van der Waals surface area contributed by atoms with E-state index in [1.54, 1.807) is 0 Å². The third-order valence-electron chi connectivity index (χ3n) is 8.81. The topological polar surface area (TPSA) is 43.6 Å². The number of rotatable bonds is 2.